The molecule has 6 nitrogen and oxygen atoms in total. The molecule has 0 radical (unpaired) electrons. The number of para-hydroxylation sites is 1. The minimum absolute atomic E-state index is 0.0693. The summed E-state index contributed by atoms with van der Waals surface area (Å²) in [6.07, 6.45) is -0.0693. The molecule has 2 rings (SSSR count). The predicted molar refractivity (Wildman–Crippen MR) is 79.6 cm³/mol. The van der Waals surface area contributed by atoms with Gasteiger partial charge in [0.2, 0.25) is 11.9 Å². The van der Waals surface area contributed by atoms with Crippen molar-refractivity contribution in [2.45, 2.75) is 26.9 Å². The molecule has 0 amide bonds. The Kier molecular flexibility index (Phi) is 4.52. The van der Waals surface area contributed by atoms with Gasteiger partial charge >= 0.3 is 6.01 Å². The number of ether oxygens (including phenoxy) is 1. The Morgan fingerprint density at radius 2 is 1.86 bits per heavy atom. The first-order valence-electron chi connectivity index (χ1n) is 6.62. The van der Waals surface area contributed by atoms with Crippen LogP contribution in [0, 0.1) is 12.7 Å². The first-order valence-corrected chi connectivity index (χ1v) is 6.62. The number of halogens is 1. The molecular weight excluding hydrogens is 273 g/mol. The monoisotopic (exact) mass is 291 g/mol. The van der Waals surface area contributed by atoms with Gasteiger partial charge in [-0.2, -0.15) is 15.0 Å². The number of rotatable bonds is 5. The Balaban J connectivity index is 2.35. The molecule has 7 heteroatoms. The molecule has 1 aromatic heterocycles. The number of hydrogen-bond donors (Lipinski definition) is 2. The summed E-state index contributed by atoms with van der Waals surface area (Å²) in [5.74, 6) is 0.197. The maximum atomic E-state index is 13.8. The van der Waals surface area contributed by atoms with Crippen molar-refractivity contribution in [1.29, 1.82) is 0 Å². The van der Waals surface area contributed by atoms with E-state index in [1.54, 1.807) is 26.1 Å². The van der Waals surface area contributed by atoms with Crippen LogP contribution in [0.25, 0.3) is 0 Å². The molecule has 1 heterocycles. The molecule has 0 saturated carbocycles. The van der Waals surface area contributed by atoms with Crippen molar-refractivity contribution >= 4 is 17.6 Å². The van der Waals surface area contributed by atoms with Gasteiger partial charge in [0.15, 0.2) is 0 Å². The van der Waals surface area contributed by atoms with Crippen LogP contribution in [-0.2, 0) is 0 Å². The van der Waals surface area contributed by atoms with Crippen LogP contribution in [0.5, 0.6) is 6.01 Å². The third-order valence-electron chi connectivity index (χ3n) is 2.64. The van der Waals surface area contributed by atoms with Gasteiger partial charge in [-0.3, -0.25) is 0 Å². The van der Waals surface area contributed by atoms with Crippen molar-refractivity contribution < 1.29 is 9.13 Å². The summed E-state index contributed by atoms with van der Waals surface area (Å²) in [5, 5.41) is 5.69. The lowest BCUT2D eigenvalue weighted by molar-refractivity contribution is 0.222. The van der Waals surface area contributed by atoms with Gasteiger partial charge in [0.05, 0.1) is 11.8 Å². The number of hydrogen-bond acceptors (Lipinski definition) is 6. The van der Waals surface area contributed by atoms with Crippen LogP contribution in [0.15, 0.2) is 18.2 Å². The van der Waals surface area contributed by atoms with Crippen LogP contribution in [0.1, 0.15) is 19.4 Å². The molecule has 0 aliphatic heterocycles. The molecule has 0 bridgehead atoms. The first-order chi connectivity index (χ1) is 9.99. The van der Waals surface area contributed by atoms with Crippen LogP contribution in [0.2, 0.25) is 0 Å². The van der Waals surface area contributed by atoms with Crippen LogP contribution < -0.4 is 15.4 Å². The summed E-state index contributed by atoms with van der Waals surface area (Å²) < 4.78 is 19.3. The summed E-state index contributed by atoms with van der Waals surface area (Å²) >= 11 is 0. The molecule has 0 fully saturated rings. The van der Waals surface area contributed by atoms with Gasteiger partial charge in [0.25, 0.3) is 0 Å². The highest BCUT2D eigenvalue weighted by Gasteiger charge is 2.11. The quantitative estimate of drug-likeness (QED) is 0.882. The second kappa shape index (κ2) is 6.34. The van der Waals surface area contributed by atoms with E-state index in [-0.39, 0.29) is 23.9 Å². The zero-order chi connectivity index (χ0) is 15.4. The lowest BCUT2D eigenvalue weighted by Gasteiger charge is -2.12. The first kappa shape index (κ1) is 15.0. The fraction of sp³-hybridized carbons (Fsp3) is 0.357. The summed E-state index contributed by atoms with van der Waals surface area (Å²) in [6, 6.07) is 5.01. The zero-order valence-corrected chi connectivity index (χ0v) is 12.4. The number of benzene rings is 1. The molecule has 112 valence electrons. The SMILES string of the molecule is CNc1nc(Nc2c(C)cccc2F)nc(OC(C)C)n1. The van der Waals surface area contributed by atoms with E-state index < -0.39 is 0 Å². The van der Waals surface area contributed by atoms with E-state index in [0.717, 1.165) is 5.56 Å². The lowest BCUT2D eigenvalue weighted by atomic mass is 10.2. The Hall–Kier alpha value is -2.44. The molecule has 21 heavy (non-hydrogen) atoms. The molecule has 1 aromatic carbocycles. The number of aryl methyl sites for hydroxylation is 1. The Morgan fingerprint density at radius 3 is 2.48 bits per heavy atom. The minimum Gasteiger partial charge on any atom is -0.461 e. The fourth-order valence-electron chi connectivity index (χ4n) is 1.69. The number of nitrogens with one attached hydrogen (secondary N) is 2. The van der Waals surface area contributed by atoms with Gasteiger partial charge in [-0.1, -0.05) is 12.1 Å². The van der Waals surface area contributed by atoms with Crippen molar-refractivity contribution in [3.05, 3.63) is 29.6 Å². The van der Waals surface area contributed by atoms with Gasteiger partial charge in [-0.05, 0) is 32.4 Å². The van der Waals surface area contributed by atoms with Crippen molar-refractivity contribution in [1.82, 2.24) is 15.0 Å². The molecule has 0 unspecified atom stereocenters. The molecule has 2 N–H and O–H groups in total. The Labute approximate surface area is 122 Å². The van der Waals surface area contributed by atoms with E-state index in [4.69, 9.17) is 4.74 Å². The number of aromatic nitrogens is 3. The molecule has 0 atom stereocenters. The van der Waals surface area contributed by atoms with Crippen LogP contribution in [0.4, 0.5) is 22.0 Å². The number of anilines is 3. The summed E-state index contributed by atoms with van der Waals surface area (Å²) in [6.45, 7) is 5.55. The second-order valence-electron chi connectivity index (χ2n) is 4.74. The summed E-state index contributed by atoms with van der Waals surface area (Å²) in [5.41, 5.74) is 1.09. The van der Waals surface area contributed by atoms with Gasteiger partial charge in [0, 0.05) is 7.05 Å². The molecular formula is C14H18FN5O. The van der Waals surface area contributed by atoms with E-state index in [2.05, 4.69) is 25.6 Å². The molecule has 2 aromatic rings. The van der Waals surface area contributed by atoms with Crippen LogP contribution >= 0.6 is 0 Å². The van der Waals surface area contributed by atoms with E-state index in [1.807, 2.05) is 13.8 Å². The maximum Gasteiger partial charge on any atom is 0.323 e. The van der Waals surface area contributed by atoms with E-state index in [1.165, 1.54) is 6.07 Å². The third-order valence-corrected chi connectivity index (χ3v) is 2.64. The second-order valence-corrected chi connectivity index (χ2v) is 4.74. The van der Waals surface area contributed by atoms with E-state index >= 15 is 0 Å². The zero-order valence-electron chi connectivity index (χ0n) is 12.4. The molecule has 0 saturated heterocycles. The number of nitrogens with zero attached hydrogens (tertiary/aromatic N) is 3. The average Bonchev–Trinajstić information content (AvgIpc) is 2.42. The predicted octanol–water partition coefficient (Wildman–Crippen LogP) is 2.89. The molecule has 0 aliphatic rings. The van der Waals surface area contributed by atoms with Gasteiger partial charge < -0.3 is 15.4 Å². The topological polar surface area (TPSA) is 72.0 Å². The van der Waals surface area contributed by atoms with Crippen molar-refractivity contribution in [3.63, 3.8) is 0 Å². The molecule has 0 spiro atoms. The van der Waals surface area contributed by atoms with Crippen molar-refractivity contribution in [2.75, 3.05) is 17.7 Å². The standard InChI is InChI=1S/C14H18FN5O/c1-8(2)21-14-19-12(16-4)18-13(20-14)17-11-9(3)6-5-7-10(11)15/h5-8H,1-4H3,(H2,16,17,18,19,20). The average molecular weight is 291 g/mol. The normalized spacial score (nSPS) is 10.6. The van der Waals surface area contributed by atoms with Gasteiger partial charge in [-0.15, -0.1) is 0 Å². The fourth-order valence-corrected chi connectivity index (χ4v) is 1.69. The highest BCUT2D eigenvalue weighted by atomic mass is 19.1. The molecule has 0 aliphatic carbocycles. The highest BCUT2D eigenvalue weighted by molar-refractivity contribution is 5.59. The third kappa shape index (κ3) is 3.77. The van der Waals surface area contributed by atoms with Crippen molar-refractivity contribution in [2.24, 2.45) is 0 Å². The van der Waals surface area contributed by atoms with Crippen molar-refractivity contribution in [3.8, 4) is 6.01 Å². The largest absolute Gasteiger partial charge is 0.461 e. The van der Waals surface area contributed by atoms with E-state index in [0.29, 0.717) is 11.6 Å². The van der Waals surface area contributed by atoms with Crippen LogP contribution in [-0.4, -0.2) is 28.1 Å². The van der Waals surface area contributed by atoms with Gasteiger partial charge in [-0.25, -0.2) is 4.39 Å². The van der Waals surface area contributed by atoms with E-state index in [9.17, 15) is 4.39 Å². The summed E-state index contributed by atoms with van der Waals surface area (Å²) in [7, 11) is 1.69. The Bertz CT molecular complexity index is 613. The van der Waals surface area contributed by atoms with Crippen LogP contribution in [0.3, 0.4) is 0 Å². The Morgan fingerprint density at radius 1 is 1.14 bits per heavy atom. The minimum atomic E-state index is -0.368. The highest BCUT2D eigenvalue weighted by Crippen LogP contribution is 2.23. The smallest absolute Gasteiger partial charge is 0.323 e. The maximum absolute atomic E-state index is 13.8. The summed E-state index contributed by atoms with van der Waals surface area (Å²) in [4.78, 5) is 12.4. The lowest BCUT2D eigenvalue weighted by Crippen LogP contribution is -2.12. The van der Waals surface area contributed by atoms with Gasteiger partial charge in [0.1, 0.15) is 5.82 Å².